The first-order valence-electron chi connectivity index (χ1n) is 11.5. The quantitative estimate of drug-likeness (QED) is 0.506. The number of halogens is 5. The summed E-state index contributed by atoms with van der Waals surface area (Å²) in [6.45, 7) is 5.38. The van der Waals surface area contributed by atoms with Gasteiger partial charge in [0.1, 0.15) is 23.0 Å². The van der Waals surface area contributed by atoms with Crippen molar-refractivity contribution in [2.75, 3.05) is 18.4 Å². The van der Waals surface area contributed by atoms with Crippen molar-refractivity contribution in [1.82, 2.24) is 25.2 Å². The Hall–Kier alpha value is -3.78. The molecule has 208 valence electrons. The summed E-state index contributed by atoms with van der Waals surface area (Å²) in [5, 5.41) is 5.15. The second-order valence-electron chi connectivity index (χ2n) is 9.59. The van der Waals surface area contributed by atoms with Crippen LogP contribution in [0.2, 0.25) is 0 Å². The van der Waals surface area contributed by atoms with E-state index >= 15 is 0 Å². The molecule has 1 aliphatic rings. The standard InChI is InChI=1S/C23H27F5N6O4/c1-13-30-11-16(33-17-9-15(6-8-29-17)37-23(26,27)28)18(32-13)19(35)34-12-22(24,25)7-5-14(34)10-31-20(36)38-21(2,3)4/h6,8-9,11,14H,5,7,10,12H2,1-4H3,(H,29,33)(H,31,36)/t14-/m1/s1. The fourth-order valence-corrected chi connectivity index (χ4v) is 3.63. The van der Waals surface area contributed by atoms with Crippen LogP contribution < -0.4 is 15.4 Å². The van der Waals surface area contributed by atoms with Gasteiger partial charge in [-0.25, -0.2) is 28.5 Å². The molecule has 0 spiro atoms. The molecule has 0 bridgehead atoms. The highest BCUT2D eigenvalue weighted by atomic mass is 19.4. The Morgan fingerprint density at radius 1 is 1.21 bits per heavy atom. The summed E-state index contributed by atoms with van der Waals surface area (Å²) < 4.78 is 75.5. The molecular formula is C23H27F5N6O4. The largest absolute Gasteiger partial charge is 0.573 e. The van der Waals surface area contributed by atoms with Crippen LogP contribution in [0.1, 0.15) is 49.9 Å². The highest BCUT2D eigenvalue weighted by Crippen LogP contribution is 2.32. The molecule has 3 rings (SSSR count). The number of likely N-dealkylation sites (tertiary alicyclic amines) is 1. The van der Waals surface area contributed by atoms with Crippen molar-refractivity contribution in [3.63, 3.8) is 0 Å². The Labute approximate surface area is 214 Å². The molecule has 38 heavy (non-hydrogen) atoms. The van der Waals surface area contributed by atoms with Crippen molar-refractivity contribution in [3.8, 4) is 5.75 Å². The molecule has 0 saturated carbocycles. The van der Waals surface area contributed by atoms with Gasteiger partial charge < -0.3 is 25.0 Å². The van der Waals surface area contributed by atoms with E-state index in [9.17, 15) is 31.5 Å². The Morgan fingerprint density at radius 2 is 1.92 bits per heavy atom. The number of carbonyl (C=O) groups is 2. The van der Waals surface area contributed by atoms with Gasteiger partial charge in [0.15, 0.2) is 5.69 Å². The van der Waals surface area contributed by atoms with Crippen molar-refractivity contribution in [2.24, 2.45) is 0 Å². The van der Waals surface area contributed by atoms with Gasteiger partial charge in [0.05, 0.1) is 24.5 Å². The first kappa shape index (κ1) is 28.8. The number of piperidine rings is 1. The number of hydrogen-bond acceptors (Lipinski definition) is 8. The Balaban J connectivity index is 1.86. The maximum atomic E-state index is 14.4. The number of pyridine rings is 1. The summed E-state index contributed by atoms with van der Waals surface area (Å²) in [6.07, 6.45) is -4.08. The molecule has 15 heteroatoms. The van der Waals surface area contributed by atoms with Crippen molar-refractivity contribution < 1.29 is 41.0 Å². The summed E-state index contributed by atoms with van der Waals surface area (Å²) in [5.74, 6) is -4.64. The number of nitrogens with one attached hydrogen (secondary N) is 2. The zero-order valence-electron chi connectivity index (χ0n) is 21.0. The molecule has 3 heterocycles. The molecule has 2 aromatic rings. The highest BCUT2D eigenvalue weighted by molar-refractivity contribution is 5.98. The van der Waals surface area contributed by atoms with E-state index in [-0.39, 0.29) is 36.0 Å². The first-order chi connectivity index (χ1) is 17.5. The van der Waals surface area contributed by atoms with Crippen LogP contribution in [0.3, 0.4) is 0 Å². The van der Waals surface area contributed by atoms with Gasteiger partial charge in [-0.1, -0.05) is 0 Å². The summed E-state index contributed by atoms with van der Waals surface area (Å²) in [5.41, 5.74) is -1.17. The van der Waals surface area contributed by atoms with E-state index in [0.717, 1.165) is 23.2 Å². The minimum atomic E-state index is -4.94. The van der Waals surface area contributed by atoms with Gasteiger partial charge in [0, 0.05) is 25.2 Å². The number of anilines is 2. The maximum absolute atomic E-state index is 14.4. The zero-order chi connectivity index (χ0) is 28.3. The lowest BCUT2D eigenvalue weighted by Gasteiger charge is -2.39. The molecule has 0 unspecified atom stereocenters. The molecule has 1 fully saturated rings. The number of nitrogens with zero attached hydrogens (tertiary/aromatic N) is 4. The number of alkyl halides is 5. The van der Waals surface area contributed by atoms with E-state index in [4.69, 9.17) is 4.74 Å². The minimum absolute atomic E-state index is 0.0787. The molecule has 10 nitrogen and oxygen atoms in total. The van der Waals surface area contributed by atoms with Gasteiger partial charge in [0.2, 0.25) is 0 Å². The molecule has 2 amide bonds. The van der Waals surface area contributed by atoms with Crippen molar-refractivity contribution in [3.05, 3.63) is 36.0 Å². The van der Waals surface area contributed by atoms with Gasteiger partial charge in [-0.3, -0.25) is 4.79 Å². The van der Waals surface area contributed by atoms with Crippen molar-refractivity contribution in [1.29, 1.82) is 0 Å². The van der Waals surface area contributed by atoms with Gasteiger partial charge in [-0.15, -0.1) is 13.2 Å². The SMILES string of the molecule is Cc1ncc(Nc2cc(OC(F)(F)F)ccn2)c(C(=O)N2CC(F)(F)CC[C@@H]2CNC(=O)OC(C)(C)C)n1. The number of aromatic nitrogens is 3. The van der Waals surface area contributed by atoms with E-state index in [1.54, 1.807) is 20.8 Å². The fraction of sp³-hybridized carbons (Fsp3) is 0.522. The van der Waals surface area contributed by atoms with E-state index in [0.29, 0.717) is 0 Å². The van der Waals surface area contributed by atoms with Crippen LogP contribution in [0.4, 0.5) is 38.3 Å². The number of ether oxygens (including phenoxy) is 2. The normalized spacial score (nSPS) is 17.5. The van der Waals surface area contributed by atoms with E-state index < -0.39 is 54.6 Å². The molecule has 0 aromatic carbocycles. The van der Waals surface area contributed by atoms with Crippen LogP contribution in [-0.4, -0.2) is 68.9 Å². The zero-order valence-corrected chi connectivity index (χ0v) is 21.0. The minimum Gasteiger partial charge on any atom is -0.444 e. The lowest BCUT2D eigenvalue weighted by atomic mass is 9.98. The summed E-state index contributed by atoms with van der Waals surface area (Å²) >= 11 is 0. The van der Waals surface area contributed by atoms with Crippen LogP contribution >= 0.6 is 0 Å². The lowest BCUT2D eigenvalue weighted by Crippen LogP contribution is -2.55. The second-order valence-corrected chi connectivity index (χ2v) is 9.59. The molecule has 0 radical (unpaired) electrons. The molecule has 1 atom stereocenters. The third-order valence-electron chi connectivity index (χ3n) is 5.17. The number of rotatable bonds is 6. The highest BCUT2D eigenvalue weighted by Gasteiger charge is 2.43. The second kappa shape index (κ2) is 10.9. The molecule has 2 aromatic heterocycles. The molecule has 1 aliphatic heterocycles. The van der Waals surface area contributed by atoms with Crippen LogP contribution in [0.5, 0.6) is 5.75 Å². The van der Waals surface area contributed by atoms with E-state index in [2.05, 4.69) is 30.3 Å². The lowest BCUT2D eigenvalue weighted by molar-refractivity contribution is -0.274. The number of alkyl carbamates (subject to hydrolysis) is 1. The third kappa shape index (κ3) is 8.38. The average molecular weight is 546 g/mol. The first-order valence-corrected chi connectivity index (χ1v) is 11.5. The van der Waals surface area contributed by atoms with Crippen LogP contribution in [0.25, 0.3) is 0 Å². The number of carbonyl (C=O) groups excluding carboxylic acids is 2. The summed E-state index contributed by atoms with van der Waals surface area (Å²) in [6, 6.07) is 1.11. The number of amides is 2. The van der Waals surface area contributed by atoms with Gasteiger partial charge in [-0.2, -0.15) is 0 Å². The Morgan fingerprint density at radius 3 is 2.58 bits per heavy atom. The third-order valence-corrected chi connectivity index (χ3v) is 5.17. The predicted octanol–water partition coefficient (Wildman–Crippen LogP) is 4.59. The fourth-order valence-electron chi connectivity index (χ4n) is 3.63. The van der Waals surface area contributed by atoms with Crippen molar-refractivity contribution >= 4 is 23.5 Å². The number of hydrogen-bond donors (Lipinski definition) is 2. The van der Waals surface area contributed by atoms with Gasteiger partial charge >= 0.3 is 12.5 Å². The molecular weight excluding hydrogens is 519 g/mol. The summed E-state index contributed by atoms with van der Waals surface area (Å²) in [4.78, 5) is 38.5. The smallest absolute Gasteiger partial charge is 0.444 e. The van der Waals surface area contributed by atoms with E-state index in [1.165, 1.54) is 13.1 Å². The van der Waals surface area contributed by atoms with Crippen molar-refractivity contribution in [2.45, 2.75) is 64.5 Å². The Kier molecular flexibility index (Phi) is 8.27. The molecule has 2 N–H and O–H groups in total. The van der Waals surface area contributed by atoms with E-state index in [1.807, 2.05) is 0 Å². The average Bonchev–Trinajstić information content (AvgIpc) is 2.76. The van der Waals surface area contributed by atoms with Crippen LogP contribution in [0, 0.1) is 6.92 Å². The van der Waals surface area contributed by atoms with Gasteiger partial charge in [0.25, 0.3) is 11.8 Å². The molecule has 1 saturated heterocycles. The maximum Gasteiger partial charge on any atom is 0.573 e. The Bertz CT molecular complexity index is 1170. The predicted molar refractivity (Wildman–Crippen MR) is 124 cm³/mol. The monoisotopic (exact) mass is 546 g/mol. The summed E-state index contributed by atoms with van der Waals surface area (Å²) in [7, 11) is 0. The van der Waals surface area contributed by atoms with Gasteiger partial charge in [-0.05, 0) is 40.2 Å². The number of aryl methyl sites for hydroxylation is 1. The van der Waals surface area contributed by atoms with Crippen LogP contribution in [-0.2, 0) is 4.74 Å². The van der Waals surface area contributed by atoms with Crippen LogP contribution in [0.15, 0.2) is 24.5 Å². The molecule has 0 aliphatic carbocycles. The topological polar surface area (TPSA) is 119 Å².